The number of hydrogen-bond acceptors (Lipinski definition) is 6. The summed E-state index contributed by atoms with van der Waals surface area (Å²) >= 11 is 0. The minimum atomic E-state index is -4.55. The van der Waals surface area contributed by atoms with E-state index in [0.29, 0.717) is 23.9 Å². The number of nitrogens with one attached hydrogen (secondary N) is 1. The first-order chi connectivity index (χ1) is 23.5. The summed E-state index contributed by atoms with van der Waals surface area (Å²) in [4.78, 5) is 25.2. The summed E-state index contributed by atoms with van der Waals surface area (Å²) in [6.45, 7) is 4.69. The molecule has 3 atom stereocenters. The van der Waals surface area contributed by atoms with Crippen molar-refractivity contribution in [3.63, 3.8) is 0 Å². The molecule has 0 spiro atoms. The third-order valence-electron chi connectivity index (χ3n) is 9.25. The Morgan fingerprint density at radius 2 is 1.12 bits per heavy atom. The van der Waals surface area contributed by atoms with Crippen molar-refractivity contribution in [2.24, 2.45) is 0 Å². The molecular weight excluding hydrogens is 635 g/mol. The SMILES string of the molecule is CCCCCCCC/C=C\CCCCCCCC(=O)NC(COP(=O)([O-])OCC[N+](C)(C)C)C(O)CCCCCCCCCCCCCC. The Kier molecular flexibility index (Phi) is 32.6. The van der Waals surface area contributed by atoms with Gasteiger partial charge < -0.3 is 28.8 Å². The Labute approximate surface area is 303 Å². The summed E-state index contributed by atoms with van der Waals surface area (Å²) < 4.78 is 23.2. The molecule has 0 radical (unpaired) electrons. The van der Waals surface area contributed by atoms with Crippen molar-refractivity contribution in [1.29, 1.82) is 0 Å². The van der Waals surface area contributed by atoms with E-state index in [9.17, 15) is 19.4 Å². The molecule has 0 fully saturated rings. The number of nitrogens with zero attached hydrogens (tertiary/aromatic N) is 1. The lowest BCUT2D eigenvalue weighted by molar-refractivity contribution is -0.870. The van der Waals surface area contributed by atoms with E-state index in [2.05, 4.69) is 31.3 Å². The van der Waals surface area contributed by atoms with Gasteiger partial charge in [0, 0.05) is 6.42 Å². The molecule has 49 heavy (non-hydrogen) atoms. The molecule has 0 aromatic carbocycles. The summed E-state index contributed by atoms with van der Waals surface area (Å²) in [7, 11) is 1.30. The molecule has 0 heterocycles. The molecule has 9 heteroatoms. The van der Waals surface area contributed by atoms with Crippen molar-refractivity contribution in [3.8, 4) is 0 Å². The lowest BCUT2D eigenvalue weighted by Gasteiger charge is -2.30. The number of allylic oxidation sites excluding steroid dienone is 2. The van der Waals surface area contributed by atoms with E-state index in [-0.39, 0.29) is 19.1 Å². The third-order valence-corrected chi connectivity index (χ3v) is 10.2. The lowest BCUT2D eigenvalue weighted by atomic mass is 10.0. The zero-order valence-electron chi connectivity index (χ0n) is 32.9. The summed E-state index contributed by atoms with van der Waals surface area (Å²) in [5, 5.41) is 13.8. The molecule has 2 N–H and O–H groups in total. The topological polar surface area (TPSA) is 108 Å². The second kappa shape index (κ2) is 33.1. The van der Waals surface area contributed by atoms with Crippen LogP contribution in [0.15, 0.2) is 12.2 Å². The van der Waals surface area contributed by atoms with E-state index < -0.39 is 20.0 Å². The van der Waals surface area contributed by atoms with Gasteiger partial charge in [0.05, 0.1) is 39.9 Å². The number of carbonyl (C=O) groups excluding carboxylic acids is 1. The number of phosphoric acid groups is 1. The van der Waals surface area contributed by atoms with E-state index in [1.807, 2.05) is 21.1 Å². The number of phosphoric ester groups is 1. The molecule has 0 saturated heterocycles. The van der Waals surface area contributed by atoms with Crippen LogP contribution in [0.2, 0.25) is 0 Å². The van der Waals surface area contributed by atoms with Crippen molar-refractivity contribution >= 4 is 13.7 Å². The summed E-state index contributed by atoms with van der Waals surface area (Å²) in [5.41, 5.74) is 0. The molecule has 8 nitrogen and oxygen atoms in total. The number of hydrogen-bond donors (Lipinski definition) is 2. The highest BCUT2D eigenvalue weighted by atomic mass is 31.2. The molecule has 3 unspecified atom stereocenters. The van der Waals surface area contributed by atoms with Crippen molar-refractivity contribution < 1.29 is 32.9 Å². The smallest absolute Gasteiger partial charge is 0.268 e. The maximum atomic E-state index is 12.8. The molecule has 0 aliphatic rings. The quantitative estimate of drug-likeness (QED) is 0.0287. The van der Waals surface area contributed by atoms with Crippen LogP contribution in [-0.4, -0.2) is 68.5 Å². The van der Waals surface area contributed by atoms with E-state index >= 15 is 0 Å². The van der Waals surface area contributed by atoms with Gasteiger partial charge in [-0.1, -0.05) is 154 Å². The molecular formula is C40H81N2O6P. The first-order valence-corrected chi connectivity index (χ1v) is 22.0. The highest BCUT2D eigenvalue weighted by Gasteiger charge is 2.24. The Morgan fingerprint density at radius 1 is 0.694 bits per heavy atom. The number of aliphatic hydroxyl groups excluding tert-OH is 1. The summed E-state index contributed by atoms with van der Waals surface area (Å²) in [6, 6.07) is -0.799. The third kappa shape index (κ3) is 35.4. The molecule has 0 aromatic heterocycles. The Morgan fingerprint density at radius 3 is 1.59 bits per heavy atom. The fourth-order valence-corrected chi connectivity index (χ4v) is 6.64. The molecule has 0 aliphatic carbocycles. The summed E-state index contributed by atoms with van der Waals surface area (Å²) in [6.07, 6.45) is 34.9. The highest BCUT2D eigenvalue weighted by Crippen LogP contribution is 2.38. The Hall–Kier alpha value is -0.760. The molecule has 292 valence electrons. The molecule has 0 saturated carbocycles. The fraction of sp³-hybridized carbons (Fsp3) is 0.925. The maximum Gasteiger partial charge on any atom is 0.268 e. The van der Waals surface area contributed by atoms with Crippen LogP contribution in [0.4, 0.5) is 0 Å². The number of rotatable bonds is 37. The van der Waals surface area contributed by atoms with Crippen LogP contribution >= 0.6 is 7.82 Å². The van der Waals surface area contributed by atoms with Gasteiger partial charge >= 0.3 is 0 Å². The molecule has 0 bridgehead atoms. The predicted molar refractivity (Wildman–Crippen MR) is 205 cm³/mol. The van der Waals surface area contributed by atoms with Gasteiger partial charge in [0.2, 0.25) is 5.91 Å². The van der Waals surface area contributed by atoms with Crippen LogP contribution < -0.4 is 10.2 Å². The second-order valence-electron chi connectivity index (χ2n) is 15.3. The molecule has 0 aliphatic heterocycles. The van der Waals surface area contributed by atoms with Gasteiger partial charge in [-0.25, -0.2) is 0 Å². The molecule has 0 aromatic rings. The monoisotopic (exact) mass is 717 g/mol. The van der Waals surface area contributed by atoms with E-state index in [4.69, 9.17) is 9.05 Å². The van der Waals surface area contributed by atoms with Gasteiger partial charge in [-0.3, -0.25) is 9.36 Å². The van der Waals surface area contributed by atoms with Crippen LogP contribution in [0.5, 0.6) is 0 Å². The Balaban J connectivity index is 4.42. The van der Waals surface area contributed by atoms with E-state index in [1.54, 1.807) is 0 Å². The van der Waals surface area contributed by atoms with Crippen molar-refractivity contribution in [3.05, 3.63) is 12.2 Å². The van der Waals surface area contributed by atoms with Crippen LogP contribution in [-0.2, 0) is 18.4 Å². The van der Waals surface area contributed by atoms with Gasteiger partial charge in [-0.15, -0.1) is 0 Å². The number of amides is 1. The zero-order chi connectivity index (χ0) is 36.5. The normalized spacial score (nSPS) is 14.7. The van der Waals surface area contributed by atoms with Gasteiger partial charge in [0.1, 0.15) is 13.2 Å². The number of aliphatic hydroxyl groups is 1. The largest absolute Gasteiger partial charge is 0.756 e. The molecule has 1 amide bonds. The second-order valence-corrected chi connectivity index (χ2v) is 16.8. The highest BCUT2D eigenvalue weighted by molar-refractivity contribution is 7.45. The van der Waals surface area contributed by atoms with Crippen LogP contribution in [0, 0.1) is 0 Å². The van der Waals surface area contributed by atoms with Gasteiger partial charge in [0.15, 0.2) is 0 Å². The molecule has 0 rings (SSSR count). The predicted octanol–water partition coefficient (Wildman–Crippen LogP) is 10.2. The van der Waals surface area contributed by atoms with Gasteiger partial charge in [-0.05, 0) is 38.5 Å². The fourth-order valence-electron chi connectivity index (χ4n) is 5.92. The van der Waals surface area contributed by atoms with Crippen LogP contribution in [0.25, 0.3) is 0 Å². The van der Waals surface area contributed by atoms with Crippen molar-refractivity contribution in [2.45, 2.75) is 199 Å². The lowest BCUT2D eigenvalue weighted by Crippen LogP contribution is -2.46. The minimum absolute atomic E-state index is 0.0121. The van der Waals surface area contributed by atoms with Crippen LogP contribution in [0.1, 0.15) is 187 Å². The van der Waals surface area contributed by atoms with Gasteiger partial charge in [-0.2, -0.15) is 0 Å². The standard InChI is InChI=1S/C40H81N2O6P/c1-6-8-10-12-14-16-18-20-21-22-24-26-28-30-32-34-40(44)41-38(37-48-49(45,46)47-36-35-42(3,4)5)39(43)33-31-29-27-25-23-19-17-15-13-11-9-7-2/h20-21,38-39,43H,6-19,22-37H2,1-5H3,(H-,41,44,45,46)/b21-20-. The van der Waals surface area contributed by atoms with Crippen LogP contribution in [0.3, 0.4) is 0 Å². The van der Waals surface area contributed by atoms with E-state index in [0.717, 1.165) is 51.4 Å². The average molecular weight is 717 g/mol. The van der Waals surface area contributed by atoms with E-state index in [1.165, 1.54) is 109 Å². The first kappa shape index (κ1) is 48.2. The minimum Gasteiger partial charge on any atom is -0.756 e. The number of unbranched alkanes of at least 4 members (excludes halogenated alkanes) is 22. The number of quaternary nitrogens is 1. The zero-order valence-corrected chi connectivity index (χ0v) is 33.8. The summed E-state index contributed by atoms with van der Waals surface area (Å²) in [5.74, 6) is -0.174. The number of likely N-dealkylation sites (N-methyl/N-ethyl adjacent to an activating group) is 1. The number of carbonyl (C=O) groups is 1. The average Bonchev–Trinajstić information content (AvgIpc) is 3.04. The Bertz CT molecular complexity index is 819. The first-order valence-electron chi connectivity index (χ1n) is 20.5. The maximum absolute atomic E-state index is 12.8. The van der Waals surface area contributed by atoms with Crippen molar-refractivity contribution in [1.82, 2.24) is 5.32 Å². The van der Waals surface area contributed by atoms with Crippen molar-refractivity contribution in [2.75, 3.05) is 40.9 Å². The van der Waals surface area contributed by atoms with Gasteiger partial charge in [0.25, 0.3) is 7.82 Å².